The topological polar surface area (TPSA) is 37.8 Å². The van der Waals surface area contributed by atoms with Gasteiger partial charge in [-0.05, 0) is 38.7 Å². The van der Waals surface area contributed by atoms with Crippen molar-refractivity contribution in [3.05, 3.63) is 53.2 Å². The summed E-state index contributed by atoms with van der Waals surface area (Å²) in [6, 6.07) is 6.74. The zero-order valence-corrected chi connectivity index (χ0v) is 11.6. The number of hydrogen-bond donors (Lipinski definition) is 1. The van der Waals surface area contributed by atoms with E-state index in [4.69, 9.17) is 0 Å². The molecule has 0 saturated heterocycles. The number of nitrogens with one attached hydrogen (secondary N) is 1. The third-order valence-electron chi connectivity index (χ3n) is 3.85. The van der Waals surface area contributed by atoms with E-state index in [-0.39, 0.29) is 11.9 Å². The van der Waals surface area contributed by atoms with Crippen molar-refractivity contribution >= 4 is 5.82 Å². The molecule has 104 valence electrons. The molecule has 3 rings (SSSR count). The number of aryl methyl sites for hydroxylation is 1. The Hall–Kier alpha value is -1.97. The molecule has 0 fully saturated rings. The lowest BCUT2D eigenvalue weighted by Gasteiger charge is -2.21. The first-order valence-corrected chi connectivity index (χ1v) is 7.09. The fourth-order valence-electron chi connectivity index (χ4n) is 2.75. The van der Waals surface area contributed by atoms with Crippen molar-refractivity contribution in [2.24, 2.45) is 0 Å². The van der Waals surface area contributed by atoms with Crippen molar-refractivity contribution in [1.82, 2.24) is 9.97 Å². The average Bonchev–Trinajstić information content (AvgIpc) is 2.48. The van der Waals surface area contributed by atoms with Crippen LogP contribution in [0, 0.1) is 5.82 Å². The molecule has 0 amide bonds. The average molecular weight is 271 g/mol. The van der Waals surface area contributed by atoms with Crippen molar-refractivity contribution < 1.29 is 4.39 Å². The Morgan fingerprint density at radius 1 is 1.15 bits per heavy atom. The first kappa shape index (κ1) is 13.0. The molecule has 1 aliphatic carbocycles. The lowest BCUT2D eigenvalue weighted by atomic mass is 9.96. The number of halogens is 1. The molecule has 1 unspecified atom stereocenters. The minimum absolute atomic E-state index is 0.114. The van der Waals surface area contributed by atoms with Gasteiger partial charge in [-0.15, -0.1) is 0 Å². The zero-order chi connectivity index (χ0) is 13.9. The second-order valence-corrected chi connectivity index (χ2v) is 5.24. The number of anilines is 1. The molecular formula is C16H18FN3. The molecule has 4 heteroatoms. The maximum atomic E-state index is 13.8. The number of rotatable bonds is 3. The van der Waals surface area contributed by atoms with Gasteiger partial charge >= 0.3 is 0 Å². The molecule has 1 aromatic heterocycles. The van der Waals surface area contributed by atoms with E-state index >= 15 is 0 Å². The number of benzene rings is 1. The molecule has 1 atom stereocenters. The molecule has 1 aliphatic rings. The molecule has 1 aromatic carbocycles. The van der Waals surface area contributed by atoms with E-state index < -0.39 is 0 Å². The van der Waals surface area contributed by atoms with Crippen LogP contribution < -0.4 is 5.32 Å². The van der Waals surface area contributed by atoms with Gasteiger partial charge in [-0.1, -0.05) is 18.2 Å². The molecule has 20 heavy (non-hydrogen) atoms. The molecule has 0 bridgehead atoms. The van der Waals surface area contributed by atoms with Gasteiger partial charge in [-0.25, -0.2) is 14.4 Å². The second kappa shape index (κ2) is 5.57. The van der Waals surface area contributed by atoms with E-state index in [1.807, 2.05) is 13.0 Å². The largest absolute Gasteiger partial charge is 0.363 e. The summed E-state index contributed by atoms with van der Waals surface area (Å²) in [4.78, 5) is 8.69. The van der Waals surface area contributed by atoms with Crippen molar-refractivity contribution in [3.63, 3.8) is 0 Å². The zero-order valence-electron chi connectivity index (χ0n) is 11.6. The Labute approximate surface area is 118 Å². The molecule has 0 saturated carbocycles. The Balaban J connectivity index is 1.86. The van der Waals surface area contributed by atoms with Crippen LogP contribution >= 0.6 is 0 Å². The predicted octanol–water partition coefficient (Wildman–Crippen LogP) is 3.67. The van der Waals surface area contributed by atoms with Crippen molar-refractivity contribution in [3.8, 4) is 0 Å². The molecule has 0 aliphatic heterocycles. The summed E-state index contributed by atoms with van der Waals surface area (Å²) in [6.45, 7) is 1.95. The third kappa shape index (κ3) is 2.50. The van der Waals surface area contributed by atoms with Gasteiger partial charge in [-0.3, -0.25) is 0 Å². The summed E-state index contributed by atoms with van der Waals surface area (Å²) in [7, 11) is 0. The van der Waals surface area contributed by atoms with Gasteiger partial charge < -0.3 is 5.32 Å². The summed E-state index contributed by atoms with van der Waals surface area (Å²) in [5.74, 6) is 0.667. The minimum Gasteiger partial charge on any atom is -0.363 e. The lowest BCUT2D eigenvalue weighted by molar-refractivity contribution is 0.599. The van der Waals surface area contributed by atoms with Crippen LogP contribution in [-0.2, 0) is 12.8 Å². The summed E-state index contributed by atoms with van der Waals surface area (Å²) in [6.07, 6.45) is 5.97. The van der Waals surface area contributed by atoms with Gasteiger partial charge in [0.15, 0.2) is 0 Å². The highest BCUT2D eigenvalue weighted by Crippen LogP contribution is 2.27. The van der Waals surface area contributed by atoms with Crippen LogP contribution in [0.3, 0.4) is 0 Å². The molecular weight excluding hydrogens is 253 g/mol. The van der Waals surface area contributed by atoms with Crippen LogP contribution in [0.15, 0.2) is 30.6 Å². The Morgan fingerprint density at radius 2 is 1.95 bits per heavy atom. The van der Waals surface area contributed by atoms with Gasteiger partial charge in [-0.2, -0.15) is 0 Å². The molecule has 1 N–H and O–H groups in total. The van der Waals surface area contributed by atoms with E-state index in [9.17, 15) is 4.39 Å². The monoisotopic (exact) mass is 271 g/mol. The van der Waals surface area contributed by atoms with Crippen molar-refractivity contribution in [2.75, 3.05) is 5.32 Å². The van der Waals surface area contributed by atoms with Crippen LogP contribution in [0.1, 0.15) is 42.6 Å². The van der Waals surface area contributed by atoms with E-state index in [1.165, 1.54) is 24.5 Å². The standard InChI is InChI=1S/C16H18FN3/c1-11(12-6-2-4-8-14(12)17)20-16-13-7-3-5-9-15(13)18-10-19-16/h2,4,6,8,10-11H,3,5,7,9H2,1H3,(H,18,19,20). The summed E-state index contributed by atoms with van der Waals surface area (Å²) in [5.41, 5.74) is 2.99. The van der Waals surface area contributed by atoms with Crippen LogP contribution in [0.25, 0.3) is 0 Å². The molecule has 3 nitrogen and oxygen atoms in total. The Kier molecular flexibility index (Phi) is 3.63. The van der Waals surface area contributed by atoms with Gasteiger partial charge in [0.25, 0.3) is 0 Å². The van der Waals surface area contributed by atoms with Gasteiger partial charge in [0.2, 0.25) is 0 Å². The number of hydrogen-bond acceptors (Lipinski definition) is 3. The first-order chi connectivity index (χ1) is 9.75. The third-order valence-corrected chi connectivity index (χ3v) is 3.85. The van der Waals surface area contributed by atoms with Crippen LogP contribution in [0.2, 0.25) is 0 Å². The van der Waals surface area contributed by atoms with Crippen molar-refractivity contribution in [1.29, 1.82) is 0 Å². The molecule has 0 spiro atoms. The van der Waals surface area contributed by atoms with Crippen LogP contribution in [0.4, 0.5) is 10.2 Å². The fourth-order valence-corrected chi connectivity index (χ4v) is 2.75. The highest BCUT2D eigenvalue weighted by molar-refractivity contribution is 5.48. The fraction of sp³-hybridized carbons (Fsp3) is 0.375. The quantitative estimate of drug-likeness (QED) is 0.925. The van der Waals surface area contributed by atoms with Gasteiger partial charge in [0, 0.05) is 16.8 Å². The first-order valence-electron chi connectivity index (χ1n) is 7.09. The van der Waals surface area contributed by atoms with E-state index in [2.05, 4.69) is 15.3 Å². The second-order valence-electron chi connectivity index (χ2n) is 5.24. The highest BCUT2D eigenvalue weighted by atomic mass is 19.1. The highest BCUT2D eigenvalue weighted by Gasteiger charge is 2.18. The lowest BCUT2D eigenvalue weighted by Crippen LogP contribution is -2.15. The molecule has 1 heterocycles. The SMILES string of the molecule is CC(Nc1ncnc2c1CCCC2)c1ccccc1F. The summed E-state index contributed by atoms with van der Waals surface area (Å²) < 4.78 is 13.8. The molecule has 0 radical (unpaired) electrons. The number of aromatic nitrogens is 2. The number of fused-ring (bicyclic) bond motifs is 1. The molecule has 2 aromatic rings. The maximum Gasteiger partial charge on any atom is 0.133 e. The van der Waals surface area contributed by atoms with E-state index in [0.29, 0.717) is 5.56 Å². The van der Waals surface area contributed by atoms with E-state index in [1.54, 1.807) is 18.5 Å². The number of nitrogens with zero attached hydrogens (tertiary/aromatic N) is 2. The normalized spacial score (nSPS) is 15.5. The Bertz CT molecular complexity index is 612. The smallest absolute Gasteiger partial charge is 0.133 e. The summed E-state index contributed by atoms with van der Waals surface area (Å²) in [5, 5.41) is 3.34. The van der Waals surface area contributed by atoms with Crippen LogP contribution in [0.5, 0.6) is 0 Å². The van der Waals surface area contributed by atoms with Crippen LogP contribution in [-0.4, -0.2) is 9.97 Å². The predicted molar refractivity (Wildman–Crippen MR) is 77.1 cm³/mol. The van der Waals surface area contributed by atoms with Gasteiger partial charge in [0.05, 0.1) is 6.04 Å². The minimum atomic E-state index is -0.185. The van der Waals surface area contributed by atoms with E-state index in [0.717, 1.165) is 24.4 Å². The Morgan fingerprint density at radius 3 is 2.80 bits per heavy atom. The maximum absolute atomic E-state index is 13.8. The van der Waals surface area contributed by atoms with Crippen molar-refractivity contribution in [2.45, 2.75) is 38.6 Å². The summed E-state index contributed by atoms with van der Waals surface area (Å²) >= 11 is 0. The van der Waals surface area contributed by atoms with Gasteiger partial charge in [0.1, 0.15) is 18.0 Å².